The molecule has 2 atom stereocenters. The Morgan fingerprint density at radius 3 is 2.43 bits per heavy atom. The number of benzene rings is 2. The number of amides is 2. The highest BCUT2D eigenvalue weighted by Gasteiger charge is 2.37. The minimum Gasteiger partial charge on any atom is -0.465 e. The largest absolute Gasteiger partial charge is 0.465 e. The first-order valence-electron chi connectivity index (χ1n) is 15.3. The molecule has 0 saturated carbocycles. The van der Waals surface area contributed by atoms with E-state index in [0.29, 0.717) is 37.6 Å². The van der Waals surface area contributed by atoms with Crippen molar-refractivity contribution >= 4 is 28.6 Å². The van der Waals surface area contributed by atoms with E-state index in [9.17, 15) is 14.7 Å². The number of carbonyl (C=O) groups excluding carboxylic acids is 1. The van der Waals surface area contributed by atoms with Gasteiger partial charge in [-0.1, -0.05) is 51.1 Å². The first-order chi connectivity index (χ1) is 21.2. The average Bonchev–Trinajstić information content (AvgIpc) is 3.41. The highest BCUT2D eigenvalue weighted by molar-refractivity contribution is 6.11. The molecule has 2 N–H and O–H groups in total. The number of hydrogen-bond acceptors (Lipinski definition) is 6. The zero-order valence-corrected chi connectivity index (χ0v) is 25.6. The summed E-state index contributed by atoms with van der Waals surface area (Å²) < 4.78 is 7.90. The van der Waals surface area contributed by atoms with Crippen LogP contribution < -0.4 is 5.32 Å². The molecule has 2 aliphatic rings. The Bertz CT molecular complexity index is 1620. The fourth-order valence-corrected chi connectivity index (χ4v) is 6.26. The molecule has 10 nitrogen and oxygen atoms in total. The number of aromatic nitrogens is 3. The number of fused-ring (bicyclic) bond motifs is 1. The molecule has 2 aromatic carbocycles. The van der Waals surface area contributed by atoms with Gasteiger partial charge < -0.3 is 20.1 Å². The second kappa shape index (κ2) is 12.4. The number of carbonyl (C=O) groups is 2. The molecule has 2 amide bonds. The molecule has 0 aliphatic carbocycles. The SMILES string of the molecule is CC(C)(C)C1CN(Cc2ccc(-c3ccc4c(c3)c(C(=O)Nc3ccncc3)nn4C3CCCCO3)cc2)CCN1C(=O)O. The summed E-state index contributed by atoms with van der Waals surface area (Å²) in [5, 5.41) is 18.2. The third-order valence-corrected chi connectivity index (χ3v) is 8.69. The first-order valence-corrected chi connectivity index (χ1v) is 15.3. The van der Waals surface area contributed by atoms with Crippen molar-refractivity contribution in [3.8, 4) is 11.1 Å². The van der Waals surface area contributed by atoms with Crippen LogP contribution in [-0.2, 0) is 11.3 Å². The van der Waals surface area contributed by atoms with Crippen molar-refractivity contribution in [3.05, 3.63) is 78.2 Å². The summed E-state index contributed by atoms with van der Waals surface area (Å²) in [4.78, 5) is 33.2. The van der Waals surface area contributed by atoms with Gasteiger partial charge in [0.1, 0.15) is 0 Å². The van der Waals surface area contributed by atoms with E-state index >= 15 is 0 Å². The fraction of sp³-hybridized carbons (Fsp3) is 0.412. The lowest BCUT2D eigenvalue weighted by Crippen LogP contribution is -2.59. The van der Waals surface area contributed by atoms with E-state index in [-0.39, 0.29) is 23.6 Å². The molecule has 230 valence electrons. The zero-order valence-electron chi connectivity index (χ0n) is 25.6. The van der Waals surface area contributed by atoms with Gasteiger partial charge in [0.2, 0.25) is 0 Å². The number of hydrogen-bond donors (Lipinski definition) is 2. The maximum atomic E-state index is 13.5. The molecule has 0 radical (unpaired) electrons. The van der Waals surface area contributed by atoms with Gasteiger partial charge in [0, 0.05) is 56.3 Å². The number of anilines is 1. The van der Waals surface area contributed by atoms with Gasteiger partial charge >= 0.3 is 6.09 Å². The van der Waals surface area contributed by atoms with Gasteiger partial charge in [-0.25, -0.2) is 9.48 Å². The number of carboxylic acid groups (broad SMARTS) is 1. The molecule has 2 aromatic heterocycles. The summed E-state index contributed by atoms with van der Waals surface area (Å²) >= 11 is 0. The predicted molar refractivity (Wildman–Crippen MR) is 169 cm³/mol. The van der Waals surface area contributed by atoms with E-state index < -0.39 is 6.09 Å². The summed E-state index contributed by atoms with van der Waals surface area (Å²) in [5.41, 5.74) is 4.95. The Morgan fingerprint density at radius 1 is 1.00 bits per heavy atom. The Labute approximate surface area is 257 Å². The van der Waals surface area contributed by atoms with Crippen molar-refractivity contribution < 1.29 is 19.4 Å². The summed E-state index contributed by atoms with van der Waals surface area (Å²) in [6.45, 7) is 9.65. The molecule has 2 saturated heterocycles. The third kappa shape index (κ3) is 6.32. The monoisotopic (exact) mass is 596 g/mol. The van der Waals surface area contributed by atoms with Crippen LogP contribution in [0.5, 0.6) is 0 Å². The third-order valence-electron chi connectivity index (χ3n) is 8.69. The Kier molecular flexibility index (Phi) is 8.38. The molecular weight excluding hydrogens is 556 g/mol. The van der Waals surface area contributed by atoms with E-state index in [2.05, 4.69) is 66.3 Å². The minimum atomic E-state index is -0.847. The van der Waals surface area contributed by atoms with E-state index in [1.165, 1.54) is 5.56 Å². The molecule has 10 heteroatoms. The summed E-state index contributed by atoms with van der Waals surface area (Å²) in [7, 11) is 0. The lowest BCUT2D eigenvalue weighted by molar-refractivity contribution is -0.0367. The standard InChI is InChI=1S/C34H40N6O4/c1-34(2,3)29-22-38(17-18-39(29)33(42)43)21-23-7-9-24(10-8-23)25-11-12-28-27(20-25)31(32(41)36-26-13-15-35-16-14-26)37-40(28)30-6-4-5-19-44-30/h7-16,20,29-30H,4-6,17-19,21-22H2,1-3H3,(H,42,43)(H,35,36,41). The van der Waals surface area contributed by atoms with Gasteiger partial charge in [-0.05, 0) is 65.6 Å². The van der Waals surface area contributed by atoms with Crippen LogP contribution in [0.15, 0.2) is 67.0 Å². The van der Waals surface area contributed by atoms with Crippen molar-refractivity contribution in [1.29, 1.82) is 0 Å². The highest BCUT2D eigenvalue weighted by Crippen LogP contribution is 2.33. The van der Waals surface area contributed by atoms with E-state index in [4.69, 9.17) is 9.84 Å². The van der Waals surface area contributed by atoms with Crippen LogP contribution in [0.2, 0.25) is 0 Å². The summed E-state index contributed by atoms with van der Waals surface area (Å²) in [5.74, 6) is -0.278. The molecule has 2 fully saturated rings. The maximum absolute atomic E-state index is 13.5. The molecule has 0 spiro atoms. The molecule has 4 heterocycles. The molecule has 4 aromatic rings. The molecule has 2 aliphatic heterocycles. The van der Waals surface area contributed by atoms with Crippen molar-refractivity contribution in [2.45, 2.75) is 58.8 Å². The number of piperazine rings is 1. The van der Waals surface area contributed by atoms with E-state index in [1.807, 2.05) is 16.8 Å². The highest BCUT2D eigenvalue weighted by atomic mass is 16.5. The van der Waals surface area contributed by atoms with Crippen molar-refractivity contribution in [2.24, 2.45) is 5.41 Å². The Balaban J connectivity index is 1.25. The number of ether oxygens (including phenoxy) is 1. The number of nitrogens with one attached hydrogen (secondary N) is 1. The van der Waals surface area contributed by atoms with Gasteiger partial charge in [-0.2, -0.15) is 5.10 Å². The summed E-state index contributed by atoms with van der Waals surface area (Å²) in [6.07, 6.45) is 5.18. The maximum Gasteiger partial charge on any atom is 0.407 e. The Hall–Kier alpha value is -4.28. The van der Waals surface area contributed by atoms with Gasteiger partial charge in [-0.15, -0.1) is 0 Å². The van der Waals surface area contributed by atoms with Gasteiger partial charge in [0.05, 0.1) is 11.6 Å². The number of rotatable bonds is 6. The van der Waals surface area contributed by atoms with Crippen LogP contribution in [0.4, 0.5) is 10.5 Å². The minimum absolute atomic E-state index is 0.0652. The Morgan fingerprint density at radius 2 is 1.75 bits per heavy atom. The van der Waals surface area contributed by atoms with Gasteiger partial charge in [0.15, 0.2) is 11.9 Å². The molecule has 6 rings (SSSR count). The smallest absolute Gasteiger partial charge is 0.407 e. The molecular formula is C34H40N6O4. The lowest BCUT2D eigenvalue weighted by Gasteiger charge is -2.46. The van der Waals surface area contributed by atoms with Crippen molar-refractivity contribution in [3.63, 3.8) is 0 Å². The topological polar surface area (TPSA) is 113 Å². The van der Waals surface area contributed by atoms with Crippen molar-refractivity contribution in [2.75, 3.05) is 31.6 Å². The predicted octanol–water partition coefficient (Wildman–Crippen LogP) is 6.26. The molecule has 0 bridgehead atoms. The molecule has 2 unspecified atom stereocenters. The quantitative estimate of drug-likeness (QED) is 0.270. The van der Waals surface area contributed by atoms with Crippen LogP contribution in [0.1, 0.15) is 62.3 Å². The van der Waals surface area contributed by atoms with E-state index in [0.717, 1.165) is 47.8 Å². The number of pyridine rings is 1. The van der Waals surface area contributed by atoms with Crippen LogP contribution in [0.3, 0.4) is 0 Å². The first kappa shape index (κ1) is 29.8. The fourth-order valence-electron chi connectivity index (χ4n) is 6.26. The molecule has 44 heavy (non-hydrogen) atoms. The number of nitrogens with zero attached hydrogens (tertiary/aromatic N) is 5. The normalized spacial score (nSPS) is 19.7. The zero-order chi connectivity index (χ0) is 30.8. The second-order valence-corrected chi connectivity index (χ2v) is 12.8. The van der Waals surface area contributed by atoms with Crippen LogP contribution in [-0.4, -0.2) is 74.0 Å². The van der Waals surface area contributed by atoms with E-state index in [1.54, 1.807) is 29.4 Å². The van der Waals surface area contributed by atoms with Crippen LogP contribution >= 0.6 is 0 Å². The average molecular weight is 597 g/mol. The van der Waals surface area contributed by atoms with Gasteiger partial charge in [0.25, 0.3) is 5.91 Å². The van der Waals surface area contributed by atoms with Crippen LogP contribution in [0.25, 0.3) is 22.0 Å². The van der Waals surface area contributed by atoms with Gasteiger partial charge in [-0.3, -0.25) is 14.7 Å². The van der Waals surface area contributed by atoms with Crippen LogP contribution in [0, 0.1) is 5.41 Å². The summed E-state index contributed by atoms with van der Waals surface area (Å²) in [6, 6.07) is 18.1. The second-order valence-electron chi connectivity index (χ2n) is 12.8. The van der Waals surface area contributed by atoms with Crippen molar-refractivity contribution in [1.82, 2.24) is 24.6 Å². The lowest BCUT2D eigenvalue weighted by atomic mass is 9.84.